The summed E-state index contributed by atoms with van der Waals surface area (Å²) in [7, 11) is 3.78. The second-order valence-electron chi connectivity index (χ2n) is 7.01. The van der Waals surface area contributed by atoms with Gasteiger partial charge in [-0.15, -0.1) is 5.10 Å². The summed E-state index contributed by atoms with van der Waals surface area (Å²) >= 11 is 1.68. The van der Waals surface area contributed by atoms with Gasteiger partial charge in [0, 0.05) is 44.6 Å². The lowest BCUT2D eigenvalue weighted by atomic mass is 10.2. The third-order valence-corrected chi connectivity index (χ3v) is 6.05. The molecule has 4 rings (SSSR count). The topological polar surface area (TPSA) is 34.6 Å². The number of hydrogen-bond acceptors (Lipinski definition) is 7. The summed E-state index contributed by atoms with van der Waals surface area (Å²) in [5, 5.41) is 7.77. The molecule has 0 unspecified atom stereocenters. The molecule has 28 heavy (non-hydrogen) atoms. The van der Waals surface area contributed by atoms with Crippen LogP contribution in [-0.2, 0) is 0 Å². The number of benzene rings is 2. The SMILES string of the molecule is COc1ccc(N2CCN(c3ccc(N4CN(C)C(SC)=N4)cc3)CC2)cc1. The minimum atomic E-state index is 0.802. The third kappa shape index (κ3) is 3.85. The Morgan fingerprint density at radius 3 is 1.79 bits per heavy atom. The van der Waals surface area contributed by atoms with Crippen molar-refractivity contribution in [3.8, 4) is 5.75 Å². The molecule has 2 aromatic carbocycles. The molecule has 7 heteroatoms. The predicted molar refractivity (Wildman–Crippen MR) is 120 cm³/mol. The standard InChI is InChI=1S/C21H27N5OS/c1-23-16-26(22-21(23)28-3)19-6-4-17(5-7-19)24-12-14-25(15-13-24)18-8-10-20(27-2)11-9-18/h4-11H,12-16H2,1-3H3. The molecule has 0 amide bonds. The molecule has 0 aliphatic carbocycles. The number of nitrogens with zero attached hydrogens (tertiary/aromatic N) is 5. The zero-order valence-electron chi connectivity index (χ0n) is 16.7. The van der Waals surface area contributed by atoms with Gasteiger partial charge in [0.25, 0.3) is 0 Å². The van der Waals surface area contributed by atoms with E-state index in [1.54, 1.807) is 18.9 Å². The maximum Gasteiger partial charge on any atom is 0.184 e. The molecule has 1 fully saturated rings. The Morgan fingerprint density at radius 2 is 1.32 bits per heavy atom. The number of amidine groups is 1. The van der Waals surface area contributed by atoms with Crippen LogP contribution in [0.5, 0.6) is 5.75 Å². The maximum absolute atomic E-state index is 5.25. The third-order valence-electron chi connectivity index (χ3n) is 5.29. The molecule has 0 saturated carbocycles. The van der Waals surface area contributed by atoms with Crippen LogP contribution in [0.15, 0.2) is 53.6 Å². The molecule has 0 N–H and O–H groups in total. The van der Waals surface area contributed by atoms with Crippen molar-refractivity contribution >= 4 is 34.0 Å². The molecule has 6 nitrogen and oxygen atoms in total. The molecule has 0 aromatic heterocycles. The summed E-state index contributed by atoms with van der Waals surface area (Å²) in [6, 6.07) is 17.1. The first-order chi connectivity index (χ1) is 13.7. The summed E-state index contributed by atoms with van der Waals surface area (Å²) in [6.45, 7) is 4.88. The Morgan fingerprint density at radius 1 is 0.821 bits per heavy atom. The van der Waals surface area contributed by atoms with Gasteiger partial charge in [0.15, 0.2) is 5.17 Å². The van der Waals surface area contributed by atoms with Crippen LogP contribution in [-0.4, -0.2) is 63.3 Å². The summed E-state index contributed by atoms with van der Waals surface area (Å²) in [6.07, 6.45) is 2.06. The molecule has 2 aromatic rings. The summed E-state index contributed by atoms with van der Waals surface area (Å²) in [5.74, 6) is 0.903. The number of rotatable bonds is 4. The first kappa shape index (κ1) is 18.8. The van der Waals surface area contributed by atoms with Gasteiger partial charge in [-0.3, -0.25) is 0 Å². The van der Waals surface area contributed by atoms with Crippen LogP contribution < -0.4 is 19.5 Å². The fraction of sp³-hybridized carbons (Fsp3) is 0.381. The van der Waals surface area contributed by atoms with Gasteiger partial charge in [0.1, 0.15) is 12.4 Å². The number of ether oxygens (including phenoxy) is 1. The molecule has 148 valence electrons. The van der Waals surface area contributed by atoms with Crippen molar-refractivity contribution in [1.82, 2.24) is 4.90 Å². The number of piperazine rings is 1. The van der Waals surface area contributed by atoms with Crippen LogP contribution in [0.3, 0.4) is 0 Å². The maximum atomic E-state index is 5.25. The van der Waals surface area contributed by atoms with E-state index in [9.17, 15) is 0 Å². The predicted octanol–water partition coefficient (Wildman–Crippen LogP) is 3.37. The van der Waals surface area contributed by atoms with Gasteiger partial charge in [-0.05, 0) is 54.8 Å². The Hall–Kier alpha value is -2.54. The normalized spacial score (nSPS) is 17.2. The van der Waals surface area contributed by atoms with Gasteiger partial charge in [-0.2, -0.15) is 0 Å². The highest BCUT2D eigenvalue weighted by atomic mass is 32.2. The molecule has 1 saturated heterocycles. The smallest absolute Gasteiger partial charge is 0.184 e. The van der Waals surface area contributed by atoms with Gasteiger partial charge in [-0.25, -0.2) is 5.01 Å². The van der Waals surface area contributed by atoms with Crippen molar-refractivity contribution in [2.24, 2.45) is 5.10 Å². The van der Waals surface area contributed by atoms with Crippen LogP contribution in [0.1, 0.15) is 0 Å². The molecule has 0 spiro atoms. The van der Waals surface area contributed by atoms with Crippen molar-refractivity contribution < 1.29 is 4.74 Å². The Labute approximate surface area is 171 Å². The van der Waals surface area contributed by atoms with Gasteiger partial charge in [-0.1, -0.05) is 11.8 Å². The van der Waals surface area contributed by atoms with E-state index in [0.29, 0.717) is 0 Å². The lowest BCUT2D eigenvalue weighted by molar-refractivity contribution is 0.415. The van der Waals surface area contributed by atoms with Crippen LogP contribution in [0, 0.1) is 0 Å². The van der Waals surface area contributed by atoms with Gasteiger partial charge >= 0.3 is 0 Å². The van der Waals surface area contributed by atoms with E-state index < -0.39 is 0 Å². The van der Waals surface area contributed by atoms with E-state index in [-0.39, 0.29) is 0 Å². The highest BCUT2D eigenvalue weighted by Crippen LogP contribution is 2.27. The van der Waals surface area contributed by atoms with Gasteiger partial charge in [0.05, 0.1) is 12.8 Å². The van der Waals surface area contributed by atoms with Crippen molar-refractivity contribution in [2.45, 2.75) is 0 Å². The number of hydrogen-bond donors (Lipinski definition) is 0. The second-order valence-corrected chi connectivity index (χ2v) is 7.79. The molecule has 2 heterocycles. The second kappa shape index (κ2) is 8.22. The average molecular weight is 398 g/mol. The summed E-state index contributed by atoms with van der Waals surface area (Å²) in [4.78, 5) is 7.05. The van der Waals surface area contributed by atoms with Crippen molar-refractivity contribution in [1.29, 1.82) is 0 Å². The number of thioether (sulfide) groups is 1. The zero-order valence-corrected chi connectivity index (χ0v) is 17.5. The van der Waals surface area contributed by atoms with Crippen LogP contribution >= 0.6 is 11.8 Å². The van der Waals surface area contributed by atoms with E-state index >= 15 is 0 Å². The van der Waals surface area contributed by atoms with E-state index in [1.807, 2.05) is 12.1 Å². The molecule has 0 atom stereocenters. The summed E-state index contributed by atoms with van der Waals surface area (Å²) < 4.78 is 5.25. The lowest BCUT2D eigenvalue weighted by Crippen LogP contribution is -2.46. The quantitative estimate of drug-likeness (QED) is 0.787. The number of methoxy groups -OCH3 is 1. The van der Waals surface area contributed by atoms with E-state index in [1.165, 1.54) is 11.4 Å². The zero-order chi connectivity index (χ0) is 19.5. The van der Waals surface area contributed by atoms with Crippen molar-refractivity contribution in [3.63, 3.8) is 0 Å². The Bertz CT molecular complexity index is 816. The molecular weight excluding hydrogens is 370 g/mol. The van der Waals surface area contributed by atoms with Crippen LogP contribution in [0.2, 0.25) is 0 Å². The largest absolute Gasteiger partial charge is 0.497 e. The Balaban J connectivity index is 1.36. The first-order valence-electron chi connectivity index (χ1n) is 9.53. The van der Waals surface area contributed by atoms with Crippen molar-refractivity contribution in [3.05, 3.63) is 48.5 Å². The monoisotopic (exact) mass is 397 g/mol. The first-order valence-corrected chi connectivity index (χ1v) is 10.8. The number of hydrazone groups is 1. The van der Waals surface area contributed by atoms with Crippen LogP contribution in [0.25, 0.3) is 0 Å². The van der Waals surface area contributed by atoms with E-state index in [4.69, 9.17) is 4.74 Å². The van der Waals surface area contributed by atoms with Crippen molar-refractivity contribution in [2.75, 3.05) is 68.1 Å². The fourth-order valence-electron chi connectivity index (χ4n) is 3.66. The van der Waals surface area contributed by atoms with Gasteiger partial charge < -0.3 is 19.4 Å². The van der Waals surface area contributed by atoms with Gasteiger partial charge in [0.2, 0.25) is 0 Å². The highest BCUT2D eigenvalue weighted by Gasteiger charge is 2.21. The van der Waals surface area contributed by atoms with E-state index in [0.717, 1.165) is 49.5 Å². The molecule has 0 radical (unpaired) electrons. The highest BCUT2D eigenvalue weighted by molar-refractivity contribution is 8.13. The summed E-state index contributed by atoms with van der Waals surface area (Å²) in [5.41, 5.74) is 3.67. The molecule has 2 aliphatic rings. The molecule has 0 bridgehead atoms. The van der Waals surface area contributed by atoms with Crippen LogP contribution in [0.4, 0.5) is 17.1 Å². The fourth-order valence-corrected chi connectivity index (χ4v) is 4.21. The average Bonchev–Trinajstić information content (AvgIpc) is 3.15. The minimum absolute atomic E-state index is 0.802. The Kier molecular flexibility index (Phi) is 5.52. The number of anilines is 3. The lowest BCUT2D eigenvalue weighted by Gasteiger charge is -2.37. The van der Waals surface area contributed by atoms with E-state index in [2.05, 4.69) is 74.5 Å². The minimum Gasteiger partial charge on any atom is -0.497 e. The molecule has 2 aliphatic heterocycles. The molecular formula is C21H27N5OS.